The number of likely N-dealkylation sites (N-methyl/N-ethyl adjacent to an activating group) is 1. The van der Waals surface area contributed by atoms with Crippen LogP contribution in [0.3, 0.4) is 0 Å². The molecule has 1 aliphatic rings. The van der Waals surface area contributed by atoms with Crippen LogP contribution in [-0.4, -0.2) is 48.9 Å². The summed E-state index contributed by atoms with van der Waals surface area (Å²) < 4.78 is 0. The summed E-state index contributed by atoms with van der Waals surface area (Å²) in [5.41, 5.74) is 1.20. The summed E-state index contributed by atoms with van der Waals surface area (Å²) in [5, 5.41) is 7.68. The molecular formula is C14H23N3OS. The van der Waals surface area contributed by atoms with Gasteiger partial charge in [-0.1, -0.05) is 13.3 Å². The minimum atomic E-state index is -0.0166. The van der Waals surface area contributed by atoms with Gasteiger partial charge in [0.1, 0.15) is 6.17 Å². The average Bonchev–Trinajstić information content (AvgIpc) is 2.97. The molecule has 1 N–H and O–H groups in total. The van der Waals surface area contributed by atoms with Crippen molar-refractivity contribution in [2.75, 3.05) is 27.2 Å². The molecule has 1 aromatic rings. The van der Waals surface area contributed by atoms with Crippen molar-refractivity contribution in [3.8, 4) is 0 Å². The van der Waals surface area contributed by atoms with Gasteiger partial charge in [0.2, 0.25) is 5.91 Å². The van der Waals surface area contributed by atoms with Crippen LogP contribution in [0.1, 0.15) is 31.5 Å². The van der Waals surface area contributed by atoms with Crippen molar-refractivity contribution in [3.05, 3.63) is 22.4 Å². The van der Waals surface area contributed by atoms with Crippen LogP contribution in [-0.2, 0) is 4.79 Å². The van der Waals surface area contributed by atoms with Crippen molar-refractivity contribution in [1.29, 1.82) is 0 Å². The smallest absolute Gasteiger partial charge is 0.241 e. The van der Waals surface area contributed by atoms with E-state index in [2.05, 4.69) is 34.0 Å². The van der Waals surface area contributed by atoms with Crippen molar-refractivity contribution in [1.82, 2.24) is 15.1 Å². The van der Waals surface area contributed by atoms with Gasteiger partial charge in [0.15, 0.2) is 0 Å². The predicted octanol–water partition coefficient (Wildman–Crippen LogP) is 1.91. The van der Waals surface area contributed by atoms with E-state index in [4.69, 9.17) is 0 Å². The molecule has 1 aromatic heterocycles. The van der Waals surface area contributed by atoms with E-state index >= 15 is 0 Å². The molecule has 1 amide bonds. The van der Waals surface area contributed by atoms with Crippen molar-refractivity contribution >= 4 is 17.2 Å². The molecular weight excluding hydrogens is 258 g/mol. The number of rotatable bonds is 6. The monoisotopic (exact) mass is 281 g/mol. The second-order valence-electron chi connectivity index (χ2n) is 5.30. The Kier molecular flexibility index (Phi) is 4.96. The zero-order chi connectivity index (χ0) is 13.8. The van der Waals surface area contributed by atoms with Gasteiger partial charge < -0.3 is 9.80 Å². The minimum Gasteiger partial charge on any atom is -0.320 e. The number of amides is 1. The van der Waals surface area contributed by atoms with Crippen molar-refractivity contribution in [3.63, 3.8) is 0 Å². The van der Waals surface area contributed by atoms with Gasteiger partial charge in [0.05, 0.1) is 6.04 Å². The predicted molar refractivity (Wildman–Crippen MR) is 79.2 cm³/mol. The number of carbonyl (C=O) groups is 1. The minimum absolute atomic E-state index is 0.0166. The molecule has 0 aliphatic carbocycles. The molecule has 0 radical (unpaired) electrons. The highest BCUT2D eigenvalue weighted by Crippen LogP contribution is 2.28. The Morgan fingerprint density at radius 3 is 2.84 bits per heavy atom. The van der Waals surface area contributed by atoms with E-state index in [1.807, 2.05) is 19.0 Å². The maximum atomic E-state index is 12.5. The Bertz CT molecular complexity index is 405. The first-order valence-corrected chi connectivity index (χ1v) is 7.81. The van der Waals surface area contributed by atoms with E-state index < -0.39 is 0 Å². The normalized spacial score (nSPS) is 23.6. The molecule has 1 saturated heterocycles. The van der Waals surface area contributed by atoms with Gasteiger partial charge in [-0.05, 0) is 42.9 Å². The van der Waals surface area contributed by atoms with Crippen molar-refractivity contribution in [2.24, 2.45) is 0 Å². The number of hydrogen-bond acceptors (Lipinski definition) is 4. The van der Waals surface area contributed by atoms with E-state index in [1.54, 1.807) is 11.3 Å². The van der Waals surface area contributed by atoms with Gasteiger partial charge in [-0.15, -0.1) is 0 Å². The van der Waals surface area contributed by atoms with Crippen LogP contribution in [0.15, 0.2) is 16.8 Å². The summed E-state index contributed by atoms with van der Waals surface area (Å²) >= 11 is 1.68. The fourth-order valence-corrected chi connectivity index (χ4v) is 3.11. The Morgan fingerprint density at radius 2 is 2.26 bits per heavy atom. The lowest BCUT2D eigenvalue weighted by atomic mass is 10.2. The maximum absolute atomic E-state index is 12.5. The Labute approximate surface area is 119 Å². The summed E-state index contributed by atoms with van der Waals surface area (Å²) in [6.07, 6.45) is 1.99. The summed E-state index contributed by atoms with van der Waals surface area (Å²) in [7, 11) is 4.08. The summed E-state index contributed by atoms with van der Waals surface area (Å²) in [4.78, 5) is 16.6. The van der Waals surface area contributed by atoms with E-state index in [9.17, 15) is 4.79 Å². The molecule has 4 nitrogen and oxygen atoms in total. The fourth-order valence-electron chi connectivity index (χ4n) is 2.43. The van der Waals surface area contributed by atoms with Crippen LogP contribution in [0.5, 0.6) is 0 Å². The lowest BCUT2D eigenvalue weighted by molar-refractivity contribution is -0.130. The highest BCUT2D eigenvalue weighted by molar-refractivity contribution is 7.07. The molecule has 0 bridgehead atoms. The highest BCUT2D eigenvalue weighted by Gasteiger charge is 2.38. The van der Waals surface area contributed by atoms with Crippen LogP contribution in [0, 0.1) is 0 Å². The van der Waals surface area contributed by atoms with Gasteiger partial charge in [0.25, 0.3) is 0 Å². The van der Waals surface area contributed by atoms with Gasteiger partial charge in [-0.25, -0.2) is 0 Å². The topological polar surface area (TPSA) is 35.6 Å². The van der Waals surface area contributed by atoms with Crippen LogP contribution in [0.2, 0.25) is 0 Å². The van der Waals surface area contributed by atoms with Crippen molar-refractivity contribution < 1.29 is 4.79 Å². The number of carbonyl (C=O) groups excluding carboxylic acids is 1. The van der Waals surface area contributed by atoms with Gasteiger partial charge in [-0.2, -0.15) is 11.3 Å². The lowest BCUT2D eigenvalue weighted by Crippen LogP contribution is -2.36. The molecule has 2 atom stereocenters. The van der Waals surface area contributed by atoms with Crippen LogP contribution >= 0.6 is 11.3 Å². The number of nitrogens with one attached hydrogen (secondary N) is 1. The Balaban J connectivity index is 2.11. The zero-order valence-electron chi connectivity index (χ0n) is 11.9. The van der Waals surface area contributed by atoms with E-state index in [1.165, 1.54) is 5.56 Å². The number of hydrogen-bond donors (Lipinski definition) is 1. The van der Waals surface area contributed by atoms with Crippen LogP contribution < -0.4 is 5.32 Å². The molecule has 2 heterocycles. The molecule has 1 fully saturated rings. The maximum Gasteiger partial charge on any atom is 0.241 e. The summed E-state index contributed by atoms with van der Waals surface area (Å²) in [6.45, 7) is 3.80. The van der Waals surface area contributed by atoms with E-state index in [-0.39, 0.29) is 18.1 Å². The van der Waals surface area contributed by atoms with Crippen LogP contribution in [0.4, 0.5) is 0 Å². The number of thiophene rings is 1. The molecule has 106 valence electrons. The first-order valence-electron chi connectivity index (χ1n) is 6.86. The third-order valence-electron chi connectivity index (χ3n) is 3.48. The molecule has 5 heteroatoms. The zero-order valence-corrected chi connectivity index (χ0v) is 12.7. The summed E-state index contributed by atoms with van der Waals surface area (Å²) in [6, 6.07) is 2.09. The third-order valence-corrected chi connectivity index (χ3v) is 4.18. The number of nitrogens with zero attached hydrogens (tertiary/aromatic N) is 2. The molecule has 2 rings (SSSR count). The van der Waals surface area contributed by atoms with Crippen molar-refractivity contribution in [2.45, 2.75) is 32.0 Å². The van der Waals surface area contributed by atoms with Gasteiger partial charge >= 0.3 is 0 Å². The fraction of sp³-hybridized carbons (Fsp3) is 0.643. The van der Waals surface area contributed by atoms with E-state index in [0.717, 1.165) is 25.9 Å². The molecule has 19 heavy (non-hydrogen) atoms. The molecule has 0 spiro atoms. The Morgan fingerprint density at radius 1 is 1.47 bits per heavy atom. The van der Waals surface area contributed by atoms with Crippen LogP contribution in [0.25, 0.3) is 0 Å². The van der Waals surface area contributed by atoms with Gasteiger partial charge in [-0.3, -0.25) is 10.1 Å². The SMILES string of the molecule is CCCC1NC(c2ccsc2)N(CCN(C)C)C1=O. The quantitative estimate of drug-likeness (QED) is 0.865. The largest absolute Gasteiger partial charge is 0.320 e. The molecule has 0 saturated carbocycles. The molecule has 0 aromatic carbocycles. The second kappa shape index (κ2) is 6.50. The molecule has 2 unspecified atom stereocenters. The van der Waals surface area contributed by atoms with E-state index in [0.29, 0.717) is 0 Å². The summed E-state index contributed by atoms with van der Waals surface area (Å²) in [5.74, 6) is 0.250. The Hall–Kier alpha value is -0.910. The van der Waals surface area contributed by atoms with Gasteiger partial charge in [0, 0.05) is 13.1 Å². The first-order chi connectivity index (χ1) is 9.13. The molecule has 1 aliphatic heterocycles. The standard InChI is InChI=1S/C14H23N3OS/c1-4-5-12-14(18)17(8-7-16(2)3)13(15-12)11-6-9-19-10-11/h6,9-10,12-13,15H,4-5,7-8H2,1-3H3. The third kappa shape index (κ3) is 3.35. The second-order valence-corrected chi connectivity index (χ2v) is 6.08. The average molecular weight is 281 g/mol. The first kappa shape index (κ1) is 14.5. The lowest BCUT2D eigenvalue weighted by Gasteiger charge is -2.25. The highest BCUT2D eigenvalue weighted by atomic mass is 32.1.